The second-order valence-corrected chi connectivity index (χ2v) is 6.01. The van der Waals surface area contributed by atoms with Gasteiger partial charge in [-0.15, -0.1) is 0 Å². The summed E-state index contributed by atoms with van der Waals surface area (Å²) in [4.78, 5) is 12.5. The molecule has 0 radical (unpaired) electrons. The maximum absolute atomic E-state index is 12.5. The van der Waals surface area contributed by atoms with E-state index in [1.807, 2.05) is 24.3 Å². The molecule has 0 aliphatic carbocycles. The van der Waals surface area contributed by atoms with Gasteiger partial charge in [-0.05, 0) is 54.4 Å². The van der Waals surface area contributed by atoms with Crippen LogP contribution in [0.3, 0.4) is 0 Å². The van der Waals surface area contributed by atoms with E-state index in [0.29, 0.717) is 11.3 Å². The third kappa shape index (κ3) is 3.86. The van der Waals surface area contributed by atoms with E-state index in [2.05, 4.69) is 6.92 Å². The Labute approximate surface area is 152 Å². The molecule has 0 atom stereocenters. The van der Waals surface area contributed by atoms with Crippen LogP contribution in [-0.4, -0.2) is 16.0 Å². The van der Waals surface area contributed by atoms with Crippen molar-refractivity contribution in [1.82, 2.24) is 0 Å². The van der Waals surface area contributed by atoms with Gasteiger partial charge in [0.15, 0.2) is 5.78 Å². The molecule has 0 aromatic heterocycles. The lowest BCUT2D eigenvalue weighted by Crippen LogP contribution is -2.01. The molecule has 3 aromatic carbocycles. The van der Waals surface area contributed by atoms with Crippen molar-refractivity contribution < 1.29 is 19.7 Å². The number of hydrogen-bond donors (Lipinski definition) is 2. The van der Waals surface area contributed by atoms with Crippen LogP contribution >= 0.6 is 0 Å². The average molecular weight is 348 g/mol. The number of carbonyl (C=O) groups excluding carboxylic acids is 1. The van der Waals surface area contributed by atoms with Gasteiger partial charge in [-0.1, -0.05) is 31.5 Å². The average Bonchev–Trinajstić information content (AvgIpc) is 2.64. The monoisotopic (exact) mass is 348 g/mol. The molecule has 26 heavy (non-hydrogen) atoms. The molecule has 0 spiro atoms. The Balaban J connectivity index is 1.79. The molecular weight excluding hydrogens is 328 g/mol. The zero-order valence-electron chi connectivity index (χ0n) is 14.5. The van der Waals surface area contributed by atoms with Crippen LogP contribution in [0.15, 0.2) is 66.7 Å². The van der Waals surface area contributed by atoms with Gasteiger partial charge in [0.2, 0.25) is 0 Å². The van der Waals surface area contributed by atoms with Gasteiger partial charge in [0.1, 0.15) is 23.0 Å². The van der Waals surface area contributed by atoms with Crippen LogP contribution in [0.5, 0.6) is 23.0 Å². The number of rotatable bonds is 6. The maximum atomic E-state index is 12.5. The van der Waals surface area contributed by atoms with E-state index < -0.39 is 0 Å². The van der Waals surface area contributed by atoms with Gasteiger partial charge in [-0.25, -0.2) is 0 Å². The van der Waals surface area contributed by atoms with E-state index in [1.54, 1.807) is 24.3 Å². The molecule has 132 valence electrons. The molecule has 3 rings (SSSR count). The summed E-state index contributed by atoms with van der Waals surface area (Å²) in [5, 5.41) is 19.2. The number of ketones is 1. The number of aromatic hydroxyl groups is 2. The largest absolute Gasteiger partial charge is 0.508 e. The minimum Gasteiger partial charge on any atom is -0.508 e. The third-order valence-electron chi connectivity index (χ3n) is 4.06. The molecule has 0 saturated heterocycles. The molecule has 4 nitrogen and oxygen atoms in total. The zero-order valence-corrected chi connectivity index (χ0v) is 14.5. The van der Waals surface area contributed by atoms with Gasteiger partial charge in [0.05, 0.1) is 5.56 Å². The Morgan fingerprint density at radius 3 is 2.38 bits per heavy atom. The second-order valence-electron chi connectivity index (χ2n) is 6.01. The number of carbonyl (C=O) groups is 1. The van der Waals surface area contributed by atoms with Crippen LogP contribution in [0.1, 0.15) is 34.8 Å². The van der Waals surface area contributed by atoms with Crippen LogP contribution in [-0.2, 0) is 6.42 Å². The Bertz CT molecular complexity index is 914. The van der Waals surface area contributed by atoms with E-state index in [-0.39, 0.29) is 22.8 Å². The standard InChI is InChI=1S/C22H20O4/c1-2-5-15-6-3-4-7-21(15)26-18-11-8-16(9-12-18)22(25)19-13-10-17(23)14-20(19)24/h3-4,6-14,23-24H,2,5H2,1H3. The molecule has 3 aromatic rings. The molecule has 0 bridgehead atoms. The van der Waals surface area contributed by atoms with E-state index in [1.165, 1.54) is 12.1 Å². The van der Waals surface area contributed by atoms with Crippen molar-refractivity contribution in [3.05, 3.63) is 83.4 Å². The highest BCUT2D eigenvalue weighted by Gasteiger charge is 2.14. The van der Waals surface area contributed by atoms with Crippen molar-refractivity contribution in [2.45, 2.75) is 19.8 Å². The quantitative estimate of drug-likeness (QED) is 0.610. The second kappa shape index (κ2) is 7.74. The van der Waals surface area contributed by atoms with Gasteiger partial charge < -0.3 is 14.9 Å². The van der Waals surface area contributed by atoms with Crippen molar-refractivity contribution in [2.24, 2.45) is 0 Å². The third-order valence-corrected chi connectivity index (χ3v) is 4.06. The first-order valence-electron chi connectivity index (χ1n) is 8.51. The fourth-order valence-corrected chi connectivity index (χ4v) is 2.75. The Hall–Kier alpha value is -3.27. The molecule has 0 unspecified atom stereocenters. The number of benzene rings is 3. The molecule has 0 heterocycles. The molecule has 0 saturated carbocycles. The Kier molecular flexibility index (Phi) is 5.23. The summed E-state index contributed by atoms with van der Waals surface area (Å²) in [6.07, 6.45) is 1.97. The number of aryl methyl sites for hydroxylation is 1. The zero-order chi connectivity index (χ0) is 18.5. The molecule has 2 N–H and O–H groups in total. The topological polar surface area (TPSA) is 66.8 Å². The lowest BCUT2D eigenvalue weighted by atomic mass is 10.0. The predicted molar refractivity (Wildman–Crippen MR) is 100 cm³/mol. The molecule has 0 aliphatic rings. The van der Waals surface area contributed by atoms with Crippen LogP contribution in [0, 0.1) is 0 Å². The van der Waals surface area contributed by atoms with Gasteiger partial charge in [0, 0.05) is 11.6 Å². The summed E-state index contributed by atoms with van der Waals surface area (Å²) in [6.45, 7) is 2.12. The van der Waals surface area contributed by atoms with Gasteiger partial charge in [0.25, 0.3) is 0 Å². The lowest BCUT2D eigenvalue weighted by molar-refractivity contribution is 0.103. The Morgan fingerprint density at radius 1 is 0.962 bits per heavy atom. The molecule has 0 amide bonds. The predicted octanol–water partition coefficient (Wildman–Crippen LogP) is 5.07. The summed E-state index contributed by atoms with van der Waals surface area (Å²) >= 11 is 0. The first kappa shape index (κ1) is 17.5. The highest BCUT2D eigenvalue weighted by molar-refractivity contribution is 6.10. The molecule has 0 aliphatic heterocycles. The normalized spacial score (nSPS) is 10.5. The smallest absolute Gasteiger partial charge is 0.196 e. The van der Waals surface area contributed by atoms with Crippen molar-refractivity contribution in [3.63, 3.8) is 0 Å². The molecular formula is C22H20O4. The van der Waals surface area contributed by atoms with E-state index in [9.17, 15) is 15.0 Å². The summed E-state index contributed by atoms with van der Waals surface area (Å²) in [5.74, 6) is 0.794. The summed E-state index contributed by atoms with van der Waals surface area (Å²) in [5.41, 5.74) is 1.72. The first-order valence-corrected chi connectivity index (χ1v) is 8.51. The van der Waals surface area contributed by atoms with E-state index >= 15 is 0 Å². The van der Waals surface area contributed by atoms with Crippen LogP contribution in [0.2, 0.25) is 0 Å². The van der Waals surface area contributed by atoms with Crippen LogP contribution < -0.4 is 4.74 Å². The van der Waals surface area contributed by atoms with E-state index in [0.717, 1.165) is 30.2 Å². The van der Waals surface area contributed by atoms with Crippen LogP contribution in [0.4, 0.5) is 0 Å². The summed E-state index contributed by atoms with van der Waals surface area (Å²) in [7, 11) is 0. The van der Waals surface area contributed by atoms with Crippen molar-refractivity contribution in [1.29, 1.82) is 0 Å². The highest BCUT2D eigenvalue weighted by atomic mass is 16.5. The minimum absolute atomic E-state index is 0.0893. The van der Waals surface area contributed by atoms with Crippen molar-refractivity contribution in [2.75, 3.05) is 0 Å². The van der Waals surface area contributed by atoms with E-state index in [4.69, 9.17) is 4.74 Å². The van der Waals surface area contributed by atoms with Gasteiger partial charge in [-0.3, -0.25) is 4.79 Å². The molecule has 0 fully saturated rings. The van der Waals surface area contributed by atoms with Crippen molar-refractivity contribution in [3.8, 4) is 23.0 Å². The summed E-state index contributed by atoms with van der Waals surface area (Å²) in [6, 6.07) is 18.6. The number of phenols is 2. The fourth-order valence-electron chi connectivity index (χ4n) is 2.75. The lowest BCUT2D eigenvalue weighted by Gasteiger charge is -2.11. The van der Waals surface area contributed by atoms with Crippen molar-refractivity contribution >= 4 is 5.78 Å². The number of phenolic OH excluding ortho intramolecular Hbond substituents is 2. The van der Waals surface area contributed by atoms with Crippen LogP contribution in [0.25, 0.3) is 0 Å². The number of ether oxygens (including phenoxy) is 1. The first-order chi connectivity index (χ1) is 12.6. The highest BCUT2D eigenvalue weighted by Crippen LogP contribution is 2.28. The number of hydrogen-bond acceptors (Lipinski definition) is 4. The SMILES string of the molecule is CCCc1ccccc1Oc1ccc(C(=O)c2ccc(O)cc2O)cc1. The molecule has 4 heteroatoms. The summed E-state index contributed by atoms with van der Waals surface area (Å²) < 4.78 is 5.95. The number of para-hydroxylation sites is 1. The fraction of sp³-hybridized carbons (Fsp3) is 0.136. The maximum Gasteiger partial charge on any atom is 0.196 e. The minimum atomic E-state index is -0.319. The van der Waals surface area contributed by atoms with Gasteiger partial charge >= 0.3 is 0 Å². The Morgan fingerprint density at radius 2 is 1.69 bits per heavy atom. The van der Waals surface area contributed by atoms with Gasteiger partial charge in [-0.2, -0.15) is 0 Å².